The molecule has 37 heavy (non-hydrogen) atoms. The van der Waals surface area contributed by atoms with E-state index in [1.54, 1.807) is 25.7 Å². The monoisotopic (exact) mass is 514 g/mol. The van der Waals surface area contributed by atoms with Crippen LogP contribution < -0.4 is 16.4 Å². The van der Waals surface area contributed by atoms with E-state index in [9.17, 15) is 19.2 Å². The molecule has 3 rings (SSSR count). The zero-order valence-electron chi connectivity index (χ0n) is 22.5. The van der Waals surface area contributed by atoms with E-state index in [-0.39, 0.29) is 18.0 Å². The van der Waals surface area contributed by atoms with Crippen LogP contribution in [0.15, 0.2) is 24.3 Å². The Morgan fingerprint density at radius 3 is 2.22 bits per heavy atom. The molecule has 0 heterocycles. The van der Waals surface area contributed by atoms with Gasteiger partial charge in [0.2, 0.25) is 17.7 Å². The number of amides is 4. The van der Waals surface area contributed by atoms with Gasteiger partial charge in [0.1, 0.15) is 17.7 Å². The highest BCUT2D eigenvalue weighted by Gasteiger charge is 2.43. The average Bonchev–Trinajstić information content (AvgIpc) is 2.77. The molecule has 9 heteroatoms. The van der Waals surface area contributed by atoms with Crippen LogP contribution in [0.25, 0.3) is 0 Å². The molecule has 2 aliphatic rings. The molecule has 0 saturated heterocycles. The zero-order chi connectivity index (χ0) is 27.2. The topological polar surface area (TPSA) is 131 Å². The van der Waals surface area contributed by atoms with Gasteiger partial charge in [0.25, 0.3) is 0 Å². The Morgan fingerprint density at radius 1 is 1.03 bits per heavy atom. The van der Waals surface area contributed by atoms with Gasteiger partial charge in [0.05, 0.1) is 6.42 Å². The minimum atomic E-state index is -1.25. The van der Waals surface area contributed by atoms with Gasteiger partial charge in [-0.2, -0.15) is 0 Å². The number of nitrogens with two attached hydrogens (primary N) is 1. The van der Waals surface area contributed by atoms with E-state index in [2.05, 4.69) is 10.6 Å². The van der Waals surface area contributed by atoms with Crippen LogP contribution >= 0.6 is 0 Å². The van der Waals surface area contributed by atoms with E-state index >= 15 is 0 Å². The molecule has 0 aliphatic heterocycles. The fourth-order valence-corrected chi connectivity index (χ4v) is 5.05. The van der Waals surface area contributed by atoms with Gasteiger partial charge in [-0.1, -0.05) is 43.5 Å². The molecule has 1 aromatic rings. The Hall–Kier alpha value is -3.10. The molecular formula is C28H42N4O5. The number of primary amides is 1. The molecule has 2 aliphatic carbocycles. The third-order valence-electron chi connectivity index (χ3n) is 7.08. The summed E-state index contributed by atoms with van der Waals surface area (Å²) >= 11 is 0. The smallest absolute Gasteiger partial charge is 0.408 e. The maximum Gasteiger partial charge on any atom is 0.408 e. The van der Waals surface area contributed by atoms with Crippen molar-refractivity contribution in [2.75, 3.05) is 0 Å². The zero-order valence-corrected chi connectivity index (χ0v) is 22.5. The van der Waals surface area contributed by atoms with Gasteiger partial charge in [0, 0.05) is 12.1 Å². The molecule has 2 atom stereocenters. The molecule has 204 valence electrons. The first-order chi connectivity index (χ1) is 17.5. The highest BCUT2D eigenvalue weighted by atomic mass is 16.6. The van der Waals surface area contributed by atoms with Crippen LogP contribution in [0.5, 0.6) is 0 Å². The van der Waals surface area contributed by atoms with Crippen LogP contribution in [0, 0.1) is 6.92 Å². The first-order valence-corrected chi connectivity index (χ1v) is 13.4. The third-order valence-corrected chi connectivity index (χ3v) is 7.08. The number of carbonyl (C=O) groups is 4. The normalized spacial score (nSPS) is 18.2. The molecular weight excluding hydrogens is 472 g/mol. The highest BCUT2D eigenvalue weighted by molar-refractivity contribution is 5.95. The van der Waals surface area contributed by atoms with Crippen molar-refractivity contribution in [1.82, 2.24) is 15.5 Å². The summed E-state index contributed by atoms with van der Waals surface area (Å²) in [4.78, 5) is 54.1. The Kier molecular flexibility index (Phi) is 9.56. The number of alkyl carbamates (subject to hydrolysis) is 1. The lowest BCUT2D eigenvalue weighted by molar-refractivity contribution is -0.148. The van der Waals surface area contributed by atoms with E-state index < -0.39 is 42.0 Å². The number of hydrogen-bond donors (Lipinski definition) is 3. The van der Waals surface area contributed by atoms with Gasteiger partial charge in [-0.3, -0.25) is 14.4 Å². The summed E-state index contributed by atoms with van der Waals surface area (Å²) in [7, 11) is 0. The van der Waals surface area contributed by atoms with Crippen molar-refractivity contribution >= 4 is 23.8 Å². The molecule has 2 fully saturated rings. The number of rotatable bonds is 9. The average molecular weight is 515 g/mol. The molecule has 4 amide bonds. The first kappa shape index (κ1) is 28.5. The van der Waals surface area contributed by atoms with E-state index in [4.69, 9.17) is 10.5 Å². The lowest BCUT2D eigenvalue weighted by Gasteiger charge is -2.44. The minimum absolute atomic E-state index is 0.0624. The molecule has 0 aromatic heterocycles. The van der Waals surface area contributed by atoms with Gasteiger partial charge in [0.15, 0.2) is 0 Å². The van der Waals surface area contributed by atoms with Gasteiger partial charge < -0.3 is 26.0 Å². The third kappa shape index (κ3) is 7.94. The van der Waals surface area contributed by atoms with Crippen molar-refractivity contribution in [3.05, 3.63) is 35.4 Å². The molecule has 2 unspecified atom stereocenters. The number of ether oxygens (including phenoxy) is 1. The second-order valence-corrected chi connectivity index (χ2v) is 11.3. The molecule has 4 N–H and O–H groups in total. The largest absolute Gasteiger partial charge is 0.444 e. The van der Waals surface area contributed by atoms with Gasteiger partial charge >= 0.3 is 6.09 Å². The number of aryl methyl sites for hydroxylation is 1. The van der Waals surface area contributed by atoms with Gasteiger partial charge in [-0.25, -0.2) is 4.79 Å². The van der Waals surface area contributed by atoms with Crippen molar-refractivity contribution in [2.45, 2.75) is 115 Å². The SMILES string of the molecule is Cc1ccccc1C(C(=O)NC1CCCCC1)N(C(=O)C(CC(N)=O)NC(=O)OC(C)(C)C)C1CCC1. The summed E-state index contributed by atoms with van der Waals surface area (Å²) in [6, 6.07) is 5.26. The number of hydrogen-bond acceptors (Lipinski definition) is 5. The number of carbonyl (C=O) groups excluding carboxylic acids is 4. The van der Waals surface area contributed by atoms with E-state index in [1.165, 1.54) is 0 Å². The Morgan fingerprint density at radius 2 is 1.68 bits per heavy atom. The summed E-state index contributed by atoms with van der Waals surface area (Å²) in [5, 5.41) is 5.74. The lowest BCUT2D eigenvalue weighted by atomic mass is 9.86. The van der Waals surface area contributed by atoms with Crippen LogP contribution in [0.3, 0.4) is 0 Å². The van der Waals surface area contributed by atoms with E-state index in [1.807, 2.05) is 31.2 Å². The summed E-state index contributed by atoms with van der Waals surface area (Å²) in [5.41, 5.74) is 6.29. The van der Waals surface area contributed by atoms with Crippen molar-refractivity contribution in [3.63, 3.8) is 0 Å². The van der Waals surface area contributed by atoms with Crippen LogP contribution in [0.1, 0.15) is 95.7 Å². The minimum Gasteiger partial charge on any atom is -0.444 e. The van der Waals surface area contributed by atoms with Crippen LogP contribution in [0.4, 0.5) is 4.79 Å². The lowest BCUT2D eigenvalue weighted by Crippen LogP contribution is -2.58. The van der Waals surface area contributed by atoms with Gasteiger partial charge in [-0.15, -0.1) is 0 Å². The molecule has 2 saturated carbocycles. The van der Waals surface area contributed by atoms with Crippen molar-refractivity contribution in [3.8, 4) is 0 Å². The van der Waals surface area contributed by atoms with Crippen molar-refractivity contribution < 1.29 is 23.9 Å². The summed E-state index contributed by atoms with van der Waals surface area (Å²) in [6.07, 6.45) is 6.29. The van der Waals surface area contributed by atoms with Crippen molar-refractivity contribution in [2.24, 2.45) is 5.73 Å². The predicted molar refractivity (Wildman–Crippen MR) is 140 cm³/mol. The van der Waals surface area contributed by atoms with Gasteiger partial charge in [-0.05, 0) is 70.9 Å². The molecule has 0 bridgehead atoms. The Balaban J connectivity index is 1.97. The number of nitrogens with one attached hydrogen (secondary N) is 2. The summed E-state index contributed by atoms with van der Waals surface area (Å²) < 4.78 is 5.34. The number of benzene rings is 1. The first-order valence-electron chi connectivity index (χ1n) is 13.4. The number of nitrogens with zero attached hydrogens (tertiary/aromatic N) is 1. The summed E-state index contributed by atoms with van der Waals surface area (Å²) in [6.45, 7) is 7.05. The maximum atomic E-state index is 14.1. The van der Waals surface area contributed by atoms with E-state index in [0.29, 0.717) is 0 Å². The molecule has 0 spiro atoms. The Bertz CT molecular complexity index is 979. The fraction of sp³-hybridized carbons (Fsp3) is 0.643. The maximum absolute atomic E-state index is 14.1. The fourth-order valence-electron chi connectivity index (χ4n) is 5.05. The van der Waals surface area contributed by atoms with Crippen LogP contribution in [0.2, 0.25) is 0 Å². The van der Waals surface area contributed by atoms with Crippen LogP contribution in [-0.4, -0.2) is 52.4 Å². The summed E-state index contributed by atoms with van der Waals surface area (Å²) in [5.74, 6) is -1.49. The standard InChI is InChI=1S/C28H42N4O5/c1-18-11-8-9-16-21(18)24(25(34)30-19-12-6-5-7-13-19)32(20-14-10-15-20)26(35)22(17-23(29)33)31-27(36)37-28(2,3)4/h8-9,11,16,19-20,22,24H,5-7,10,12-15,17H2,1-4H3,(H2,29,33)(H,30,34)(H,31,36). The quantitative estimate of drug-likeness (QED) is 0.463. The predicted octanol–water partition coefficient (Wildman–Crippen LogP) is 3.63. The van der Waals surface area contributed by atoms with Crippen molar-refractivity contribution in [1.29, 1.82) is 0 Å². The Labute approximate surface area is 219 Å². The molecule has 1 aromatic carbocycles. The highest BCUT2D eigenvalue weighted by Crippen LogP contribution is 2.35. The second-order valence-electron chi connectivity index (χ2n) is 11.3. The second kappa shape index (κ2) is 12.4. The molecule has 9 nitrogen and oxygen atoms in total. The van der Waals surface area contributed by atoms with Crippen LogP contribution in [-0.2, 0) is 19.1 Å². The molecule has 0 radical (unpaired) electrons. The van der Waals surface area contributed by atoms with E-state index in [0.717, 1.165) is 62.5 Å².